The van der Waals surface area contributed by atoms with Crippen molar-refractivity contribution in [1.29, 1.82) is 0 Å². The van der Waals surface area contributed by atoms with E-state index >= 15 is 0 Å². The minimum atomic E-state index is -0.637. The second-order valence-electron chi connectivity index (χ2n) is 5.79. The zero-order valence-electron chi connectivity index (χ0n) is 11.7. The molecule has 0 saturated carbocycles. The zero-order chi connectivity index (χ0) is 14.2. The number of anilines is 1. The van der Waals surface area contributed by atoms with Gasteiger partial charge in [0.1, 0.15) is 6.23 Å². The van der Waals surface area contributed by atoms with Crippen molar-refractivity contribution >= 4 is 11.6 Å². The molecule has 0 aliphatic carbocycles. The number of rotatable bonds is 3. The van der Waals surface area contributed by atoms with Crippen molar-refractivity contribution in [1.82, 2.24) is 10.2 Å². The molecule has 0 aromatic heterocycles. The molecule has 1 aromatic carbocycles. The highest BCUT2D eigenvalue weighted by Crippen LogP contribution is 2.42. The van der Waals surface area contributed by atoms with Crippen LogP contribution in [0.2, 0.25) is 0 Å². The minimum absolute atomic E-state index is 0.0458. The van der Waals surface area contributed by atoms with E-state index in [-0.39, 0.29) is 5.91 Å². The molecule has 1 amide bonds. The Kier molecular flexibility index (Phi) is 3.50. The predicted octanol–water partition coefficient (Wildman–Crippen LogP) is 0.627. The minimum Gasteiger partial charge on any atom is -0.377 e. The molecule has 5 heteroatoms. The molecule has 5 nitrogen and oxygen atoms in total. The number of para-hydroxylation sites is 1. The van der Waals surface area contributed by atoms with Crippen LogP contribution in [0, 0.1) is 5.92 Å². The van der Waals surface area contributed by atoms with E-state index in [4.69, 9.17) is 0 Å². The number of fused-ring (bicyclic) bond motifs is 1. The molecule has 0 spiro atoms. The van der Waals surface area contributed by atoms with E-state index in [1.54, 1.807) is 0 Å². The number of hydrogen-bond donors (Lipinski definition) is 3. The first-order valence-electron chi connectivity index (χ1n) is 7.14. The van der Waals surface area contributed by atoms with Crippen LogP contribution in [0.4, 0.5) is 5.69 Å². The van der Waals surface area contributed by atoms with E-state index in [1.807, 2.05) is 30.3 Å². The van der Waals surface area contributed by atoms with Gasteiger partial charge >= 0.3 is 0 Å². The van der Waals surface area contributed by atoms with Crippen LogP contribution in [0.1, 0.15) is 13.3 Å². The normalized spacial score (nSPS) is 33.1. The lowest BCUT2D eigenvalue weighted by Crippen LogP contribution is -2.79. The summed E-state index contributed by atoms with van der Waals surface area (Å²) in [7, 11) is 0. The van der Waals surface area contributed by atoms with Crippen molar-refractivity contribution in [3.05, 3.63) is 30.3 Å². The van der Waals surface area contributed by atoms with Gasteiger partial charge in [0.2, 0.25) is 5.91 Å². The summed E-state index contributed by atoms with van der Waals surface area (Å²) in [5.74, 6) is 0.266. The highest BCUT2D eigenvalue weighted by molar-refractivity contribution is 5.91. The highest BCUT2D eigenvalue weighted by Gasteiger charge is 2.58. The van der Waals surface area contributed by atoms with Gasteiger partial charge in [0.25, 0.3) is 0 Å². The first-order valence-corrected chi connectivity index (χ1v) is 7.14. The maximum Gasteiger partial charge on any atom is 0.226 e. The van der Waals surface area contributed by atoms with E-state index in [0.717, 1.165) is 25.3 Å². The molecule has 2 heterocycles. The molecule has 3 rings (SSSR count). The Hall–Kier alpha value is -1.43. The molecule has 0 radical (unpaired) electrons. The number of nitrogens with one attached hydrogen (secondary N) is 2. The molecule has 3 unspecified atom stereocenters. The van der Waals surface area contributed by atoms with Gasteiger partial charge in [0, 0.05) is 31.7 Å². The molecular formula is C15H21N3O2. The summed E-state index contributed by atoms with van der Waals surface area (Å²) >= 11 is 0. The molecule has 2 aliphatic heterocycles. The molecule has 0 bridgehead atoms. The van der Waals surface area contributed by atoms with Gasteiger partial charge in [-0.3, -0.25) is 15.0 Å². The number of aliphatic hydroxyl groups excluding tert-OH is 1. The van der Waals surface area contributed by atoms with Gasteiger partial charge < -0.3 is 10.4 Å². The molecule has 2 saturated heterocycles. The van der Waals surface area contributed by atoms with Crippen LogP contribution < -0.4 is 10.6 Å². The number of nitrogens with zero attached hydrogens (tertiary/aromatic N) is 1. The molecule has 2 fully saturated rings. The lowest BCUT2D eigenvalue weighted by atomic mass is 9.69. The Morgan fingerprint density at radius 3 is 2.90 bits per heavy atom. The van der Waals surface area contributed by atoms with E-state index in [9.17, 15) is 9.90 Å². The fraction of sp³-hybridized carbons (Fsp3) is 0.533. The van der Waals surface area contributed by atoms with Crippen LogP contribution in [-0.4, -0.2) is 47.3 Å². The summed E-state index contributed by atoms with van der Waals surface area (Å²) in [5, 5.41) is 16.3. The lowest BCUT2D eigenvalue weighted by Gasteiger charge is -2.62. The van der Waals surface area contributed by atoms with Gasteiger partial charge in [-0.1, -0.05) is 25.1 Å². The van der Waals surface area contributed by atoms with Crippen molar-refractivity contribution in [3.8, 4) is 0 Å². The van der Waals surface area contributed by atoms with Gasteiger partial charge in [-0.15, -0.1) is 0 Å². The van der Waals surface area contributed by atoms with Crippen LogP contribution >= 0.6 is 0 Å². The summed E-state index contributed by atoms with van der Waals surface area (Å²) in [4.78, 5) is 14.5. The van der Waals surface area contributed by atoms with Gasteiger partial charge in [0.05, 0.1) is 5.54 Å². The fourth-order valence-corrected chi connectivity index (χ4v) is 3.48. The third kappa shape index (κ3) is 2.12. The van der Waals surface area contributed by atoms with Crippen molar-refractivity contribution in [2.75, 3.05) is 25.0 Å². The largest absolute Gasteiger partial charge is 0.377 e. The van der Waals surface area contributed by atoms with Gasteiger partial charge in [-0.05, 0) is 18.1 Å². The second kappa shape index (κ2) is 5.16. The van der Waals surface area contributed by atoms with E-state index < -0.39 is 11.8 Å². The molecule has 20 heavy (non-hydrogen) atoms. The smallest absolute Gasteiger partial charge is 0.226 e. The summed E-state index contributed by atoms with van der Waals surface area (Å²) in [6.07, 6.45) is -0.321. The van der Waals surface area contributed by atoms with E-state index in [2.05, 4.69) is 22.5 Å². The number of hydrogen-bond acceptors (Lipinski definition) is 4. The topological polar surface area (TPSA) is 64.6 Å². The molecule has 3 atom stereocenters. The molecular weight excluding hydrogens is 254 g/mol. The lowest BCUT2D eigenvalue weighted by molar-refractivity contribution is -0.182. The van der Waals surface area contributed by atoms with E-state index in [0.29, 0.717) is 12.3 Å². The van der Waals surface area contributed by atoms with Crippen LogP contribution in [0.5, 0.6) is 0 Å². The van der Waals surface area contributed by atoms with Crippen molar-refractivity contribution in [2.45, 2.75) is 25.1 Å². The fourth-order valence-electron chi connectivity index (χ4n) is 3.48. The van der Waals surface area contributed by atoms with Crippen molar-refractivity contribution < 1.29 is 9.90 Å². The average Bonchev–Trinajstić information content (AvgIpc) is 2.43. The van der Waals surface area contributed by atoms with Crippen molar-refractivity contribution in [2.24, 2.45) is 5.92 Å². The number of amides is 1. The zero-order valence-corrected chi connectivity index (χ0v) is 11.7. The van der Waals surface area contributed by atoms with Crippen LogP contribution in [0.3, 0.4) is 0 Å². The quantitative estimate of drug-likeness (QED) is 0.757. The Balaban J connectivity index is 1.70. The highest BCUT2D eigenvalue weighted by atomic mass is 16.3. The summed E-state index contributed by atoms with van der Waals surface area (Å²) in [6, 6.07) is 9.44. The van der Waals surface area contributed by atoms with Gasteiger partial charge in [0.15, 0.2) is 0 Å². The van der Waals surface area contributed by atoms with Crippen LogP contribution in [-0.2, 0) is 4.79 Å². The maximum absolute atomic E-state index is 12.3. The van der Waals surface area contributed by atoms with Crippen LogP contribution in [0.15, 0.2) is 30.3 Å². The third-order valence-corrected chi connectivity index (χ3v) is 4.63. The van der Waals surface area contributed by atoms with Gasteiger partial charge in [-0.25, -0.2) is 0 Å². The molecule has 2 aliphatic rings. The molecule has 1 aromatic rings. The van der Waals surface area contributed by atoms with Crippen LogP contribution in [0.25, 0.3) is 0 Å². The monoisotopic (exact) mass is 275 g/mol. The summed E-state index contributed by atoms with van der Waals surface area (Å²) < 4.78 is 0. The van der Waals surface area contributed by atoms with Gasteiger partial charge in [-0.2, -0.15) is 0 Å². The SMILES string of the molecule is CC1CN2CCNC(O)C12CC(=O)Nc1ccccc1. The Bertz CT molecular complexity index is 482. The Labute approximate surface area is 119 Å². The molecule has 108 valence electrons. The number of carbonyl (C=O) groups excluding carboxylic acids is 1. The van der Waals surface area contributed by atoms with E-state index in [1.165, 1.54) is 0 Å². The maximum atomic E-state index is 12.3. The number of aliphatic hydroxyl groups is 1. The Morgan fingerprint density at radius 1 is 1.50 bits per heavy atom. The van der Waals surface area contributed by atoms with Crippen molar-refractivity contribution in [3.63, 3.8) is 0 Å². The number of carbonyl (C=O) groups is 1. The average molecular weight is 275 g/mol. The second-order valence-corrected chi connectivity index (χ2v) is 5.79. The third-order valence-electron chi connectivity index (χ3n) is 4.63. The predicted molar refractivity (Wildman–Crippen MR) is 77.2 cm³/mol. The first-order chi connectivity index (χ1) is 9.63. The number of piperazine rings is 1. The summed E-state index contributed by atoms with van der Waals surface area (Å²) in [6.45, 7) is 4.72. The standard InChI is InChI=1S/C15H21N3O2/c1-11-10-18-8-7-16-14(20)15(11,18)9-13(19)17-12-5-3-2-4-6-12/h2-6,11,14,16,20H,7-10H2,1H3,(H,17,19). The first kappa shape index (κ1) is 13.5. The molecule has 3 N–H and O–H groups in total. The Morgan fingerprint density at radius 2 is 2.25 bits per heavy atom. The summed E-state index contributed by atoms with van der Waals surface area (Å²) in [5.41, 5.74) is 0.350. The number of benzene rings is 1.